The molecule has 0 saturated carbocycles. The lowest BCUT2D eigenvalue weighted by atomic mass is 9.98. The second-order valence-electron chi connectivity index (χ2n) is 5.06. The maximum absolute atomic E-state index is 12.0. The Hall–Kier alpha value is -1.88. The number of nitrogens with two attached hydrogens (primary N) is 2. The summed E-state index contributed by atoms with van der Waals surface area (Å²) in [5, 5.41) is 2.64. The summed E-state index contributed by atoms with van der Waals surface area (Å²) in [5.41, 5.74) is 12.1. The van der Waals surface area contributed by atoms with Crippen LogP contribution in [-0.2, 0) is 16.0 Å². The fourth-order valence-corrected chi connectivity index (χ4v) is 1.85. The maximum atomic E-state index is 12.0. The van der Waals surface area contributed by atoms with Gasteiger partial charge in [-0.05, 0) is 11.5 Å². The molecule has 0 aromatic heterocycles. The quantitative estimate of drug-likeness (QED) is 0.679. The summed E-state index contributed by atoms with van der Waals surface area (Å²) < 4.78 is 0. The molecule has 2 unspecified atom stereocenters. The molecule has 5 nitrogen and oxygen atoms in total. The van der Waals surface area contributed by atoms with Gasteiger partial charge >= 0.3 is 0 Å². The van der Waals surface area contributed by atoms with Crippen LogP contribution in [0.4, 0.5) is 0 Å². The summed E-state index contributed by atoms with van der Waals surface area (Å²) in [6.07, 6.45) is 1.17. The Labute approximate surface area is 119 Å². The van der Waals surface area contributed by atoms with Crippen molar-refractivity contribution in [2.75, 3.05) is 0 Å². The van der Waals surface area contributed by atoms with Crippen LogP contribution in [0.5, 0.6) is 0 Å². The number of rotatable bonds is 7. The molecule has 1 rings (SSSR count). The van der Waals surface area contributed by atoms with E-state index in [9.17, 15) is 9.59 Å². The van der Waals surface area contributed by atoms with Crippen molar-refractivity contribution < 1.29 is 9.59 Å². The number of primary amides is 1. The zero-order valence-corrected chi connectivity index (χ0v) is 12.0. The number of hydrogen-bond acceptors (Lipinski definition) is 3. The summed E-state index contributed by atoms with van der Waals surface area (Å²) in [7, 11) is 0. The molecule has 0 saturated heterocycles. The van der Waals surface area contributed by atoms with E-state index in [4.69, 9.17) is 11.5 Å². The molecule has 0 spiro atoms. The second-order valence-corrected chi connectivity index (χ2v) is 5.06. The highest BCUT2D eigenvalue weighted by molar-refractivity contribution is 5.89. The van der Waals surface area contributed by atoms with Gasteiger partial charge < -0.3 is 16.8 Å². The molecule has 1 aromatic rings. The van der Waals surface area contributed by atoms with Crippen LogP contribution in [0, 0.1) is 5.92 Å². The number of amides is 2. The molecular formula is C15H23N3O2. The van der Waals surface area contributed by atoms with Crippen LogP contribution in [0.15, 0.2) is 30.3 Å². The largest absolute Gasteiger partial charge is 0.368 e. The van der Waals surface area contributed by atoms with Gasteiger partial charge in [-0.3, -0.25) is 9.59 Å². The van der Waals surface area contributed by atoms with E-state index in [-0.39, 0.29) is 11.8 Å². The second kappa shape index (κ2) is 7.65. The van der Waals surface area contributed by atoms with Crippen LogP contribution in [0.3, 0.4) is 0 Å². The van der Waals surface area contributed by atoms with Gasteiger partial charge in [-0.15, -0.1) is 0 Å². The molecule has 5 N–H and O–H groups in total. The topological polar surface area (TPSA) is 98.2 Å². The summed E-state index contributed by atoms with van der Waals surface area (Å²) in [6.45, 7) is 3.87. The Bertz CT molecular complexity index is 448. The fourth-order valence-electron chi connectivity index (χ4n) is 1.85. The van der Waals surface area contributed by atoms with Gasteiger partial charge in [-0.1, -0.05) is 50.6 Å². The zero-order chi connectivity index (χ0) is 15.1. The van der Waals surface area contributed by atoms with Crippen LogP contribution in [0.1, 0.15) is 25.8 Å². The summed E-state index contributed by atoms with van der Waals surface area (Å²) >= 11 is 0. The van der Waals surface area contributed by atoms with E-state index in [2.05, 4.69) is 5.32 Å². The summed E-state index contributed by atoms with van der Waals surface area (Å²) in [4.78, 5) is 23.5. The van der Waals surface area contributed by atoms with E-state index in [1.54, 1.807) is 0 Å². The Morgan fingerprint density at radius 3 is 2.35 bits per heavy atom. The smallest absolute Gasteiger partial charge is 0.240 e. The lowest BCUT2D eigenvalue weighted by Gasteiger charge is -2.21. The van der Waals surface area contributed by atoms with Gasteiger partial charge in [0.25, 0.3) is 0 Å². The third-order valence-corrected chi connectivity index (χ3v) is 3.50. The highest BCUT2D eigenvalue weighted by Gasteiger charge is 2.24. The van der Waals surface area contributed by atoms with E-state index < -0.39 is 18.0 Å². The number of carbonyl (C=O) groups is 2. The van der Waals surface area contributed by atoms with Crippen LogP contribution in [0.2, 0.25) is 0 Å². The van der Waals surface area contributed by atoms with Crippen LogP contribution >= 0.6 is 0 Å². The molecule has 0 fully saturated rings. The fraction of sp³-hybridized carbons (Fsp3) is 0.467. The first-order valence-corrected chi connectivity index (χ1v) is 6.84. The molecule has 110 valence electrons. The summed E-state index contributed by atoms with van der Waals surface area (Å²) in [5.74, 6) is -0.835. The van der Waals surface area contributed by atoms with Gasteiger partial charge in [0.2, 0.25) is 11.8 Å². The van der Waals surface area contributed by atoms with Gasteiger partial charge in [-0.2, -0.15) is 0 Å². The van der Waals surface area contributed by atoms with Gasteiger partial charge in [0.05, 0.1) is 6.04 Å². The molecule has 3 atom stereocenters. The van der Waals surface area contributed by atoms with E-state index >= 15 is 0 Å². The van der Waals surface area contributed by atoms with Gasteiger partial charge in [-0.25, -0.2) is 0 Å². The Balaban J connectivity index is 2.68. The molecule has 0 bridgehead atoms. The molecule has 1 aromatic carbocycles. The molecule has 0 heterocycles. The predicted octanol–water partition coefficient (Wildman–Crippen LogP) is 0.573. The Morgan fingerprint density at radius 2 is 1.85 bits per heavy atom. The first-order valence-electron chi connectivity index (χ1n) is 6.84. The normalized spacial score (nSPS) is 15.2. The predicted molar refractivity (Wildman–Crippen MR) is 78.7 cm³/mol. The minimum atomic E-state index is -0.736. The third kappa shape index (κ3) is 4.66. The van der Waals surface area contributed by atoms with Crippen molar-refractivity contribution in [3.05, 3.63) is 35.9 Å². The lowest BCUT2D eigenvalue weighted by molar-refractivity contribution is -0.128. The summed E-state index contributed by atoms with van der Waals surface area (Å²) in [6, 6.07) is 8.05. The minimum absolute atomic E-state index is 0.0558. The lowest BCUT2D eigenvalue weighted by Crippen LogP contribution is -2.53. The van der Waals surface area contributed by atoms with Crippen molar-refractivity contribution in [2.45, 2.75) is 38.8 Å². The van der Waals surface area contributed by atoms with E-state index in [0.29, 0.717) is 6.42 Å². The molecule has 5 heteroatoms. The monoisotopic (exact) mass is 277 g/mol. The number of carbonyl (C=O) groups excluding carboxylic acids is 2. The van der Waals surface area contributed by atoms with Crippen LogP contribution in [-0.4, -0.2) is 23.9 Å². The SMILES string of the molecule is CCC(C)[C@H](N)C(=O)NC(Cc1ccccc1)C(N)=O. The van der Waals surface area contributed by atoms with Crippen LogP contribution in [0.25, 0.3) is 0 Å². The third-order valence-electron chi connectivity index (χ3n) is 3.50. The van der Waals surface area contributed by atoms with Crippen molar-refractivity contribution >= 4 is 11.8 Å². The highest BCUT2D eigenvalue weighted by atomic mass is 16.2. The molecule has 0 radical (unpaired) electrons. The van der Waals surface area contributed by atoms with Crippen molar-refractivity contribution in [3.63, 3.8) is 0 Å². The number of hydrogen-bond donors (Lipinski definition) is 3. The van der Waals surface area contributed by atoms with Gasteiger partial charge in [0, 0.05) is 6.42 Å². The molecule has 0 aliphatic carbocycles. The van der Waals surface area contributed by atoms with E-state index in [0.717, 1.165) is 12.0 Å². The average Bonchev–Trinajstić information content (AvgIpc) is 2.45. The van der Waals surface area contributed by atoms with Crippen LogP contribution < -0.4 is 16.8 Å². The van der Waals surface area contributed by atoms with E-state index in [1.165, 1.54) is 0 Å². The Morgan fingerprint density at radius 1 is 1.25 bits per heavy atom. The number of nitrogens with one attached hydrogen (secondary N) is 1. The van der Waals surface area contributed by atoms with E-state index in [1.807, 2.05) is 44.2 Å². The molecular weight excluding hydrogens is 254 g/mol. The van der Waals surface area contributed by atoms with Crippen molar-refractivity contribution in [1.82, 2.24) is 5.32 Å². The first kappa shape index (κ1) is 16.2. The van der Waals surface area contributed by atoms with Gasteiger partial charge in [0.15, 0.2) is 0 Å². The van der Waals surface area contributed by atoms with Crippen molar-refractivity contribution in [3.8, 4) is 0 Å². The van der Waals surface area contributed by atoms with Crippen molar-refractivity contribution in [1.29, 1.82) is 0 Å². The Kier molecular flexibility index (Phi) is 6.18. The number of benzene rings is 1. The van der Waals surface area contributed by atoms with Gasteiger partial charge in [0.1, 0.15) is 6.04 Å². The molecule has 0 aliphatic heterocycles. The first-order chi connectivity index (χ1) is 9.45. The molecule has 20 heavy (non-hydrogen) atoms. The van der Waals surface area contributed by atoms with Crippen molar-refractivity contribution in [2.24, 2.45) is 17.4 Å². The highest BCUT2D eigenvalue weighted by Crippen LogP contribution is 2.07. The zero-order valence-electron chi connectivity index (χ0n) is 12.0. The minimum Gasteiger partial charge on any atom is -0.368 e. The maximum Gasteiger partial charge on any atom is 0.240 e. The molecule has 0 aliphatic rings. The average molecular weight is 277 g/mol. The molecule has 2 amide bonds. The standard InChI is InChI=1S/C15H23N3O2/c1-3-10(2)13(16)15(20)18-12(14(17)19)9-11-7-5-4-6-8-11/h4-8,10,12-13H,3,9,16H2,1-2H3,(H2,17,19)(H,18,20)/t10?,12?,13-/m0/s1.